The maximum Gasteiger partial charge on any atom is 0.221 e. The van der Waals surface area contributed by atoms with E-state index in [0.717, 1.165) is 32.4 Å². The van der Waals surface area contributed by atoms with Crippen molar-refractivity contribution in [1.82, 2.24) is 10.2 Å². The SMILES string of the molecule is CC(C)NC(=O)CCN1CCCCC1C1CCCC1O. The molecular formula is C16H30N2O2. The van der Waals surface area contributed by atoms with Gasteiger partial charge in [-0.3, -0.25) is 9.69 Å². The lowest BCUT2D eigenvalue weighted by molar-refractivity contribution is -0.122. The molecule has 0 aromatic carbocycles. The van der Waals surface area contributed by atoms with Gasteiger partial charge in [-0.1, -0.05) is 12.8 Å². The van der Waals surface area contributed by atoms with Gasteiger partial charge in [0, 0.05) is 31.0 Å². The number of likely N-dealkylation sites (tertiary alicyclic amines) is 1. The highest BCUT2D eigenvalue weighted by Gasteiger charge is 2.36. The van der Waals surface area contributed by atoms with E-state index in [1.54, 1.807) is 0 Å². The lowest BCUT2D eigenvalue weighted by Gasteiger charge is -2.40. The zero-order chi connectivity index (χ0) is 14.5. The van der Waals surface area contributed by atoms with E-state index >= 15 is 0 Å². The van der Waals surface area contributed by atoms with Crippen molar-refractivity contribution in [2.45, 2.75) is 77.0 Å². The van der Waals surface area contributed by atoms with Crippen LogP contribution in [0.5, 0.6) is 0 Å². The number of piperidine rings is 1. The van der Waals surface area contributed by atoms with Crippen molar-refractivity contribution in [1.29, 1.82) is 0 Å². The third-order valence-electron chi connectivity index (χ3n) is 4.77. The minimum absolute atomic E-state index is 0.120. The van der Waals surface area contributed by atoms with E-state index in [1.165, 1.54) is 19.3 Å². The van der Waals surface area contributed by atoms with E-state index < -0.39 is 0 Å². The lowest BCUT2D eigenvalue weighted by atomic mass is 9.87. The van der Waals surface area contributed by atoms with Crippen LogP contribution in [-0.2, 0) is 4.79 Å². The number of hydrogen-bond acceptors (Lipinski definition) is 3. The Bertz CT molecular complexity index is 320. The summed E-state index contributed by atoms with van der Waals surface area (Å²) in [5, 5.41) is 13.1. The topological polar surface area (TPSA) is 52.6 Å². The summed E-state index contributed by atoms with van der Waals surface area (Å²) in [5.74, 6) is 0.583. The van der Waals surface area contributed by atoms with E-state index in [1.807, 2.05) is 13.8 Å². The van der Waals surface area contributed by atoms with Crippen molar-refractivity contribution < 1.29 is 9.90 Å². The first-order valence-corrected chi connectivity index (χ1v) is 8.29. The van der Waals surface area contributed by atoms with Crippen molar-refractivity contribution in [2.24, 2.45) is 5.92 Å². The predicted octanol–water partition coefficient (Wildman–Crippen LogP) is 1.92. The molecule has 20 heavy (non-hydrogen) atoms. The molecule has 2 N–H and O–H groups in total. The van der Waals surface area contributed by atoms with Gasteiger partial charge < -0.3 is 10.4 Å². The fourth-order valence-corrected chi connectivity index (χ4v) is 3.84. The lowest BCUT2D eigenvalue weighted by Crippen LogP contribution is -2.47. The monoisotopic (exact) mass is 282 g/mol. The molecule has 2 fully saturated rings. The summed E-state index contributed by atoms with van der Waals surface area (Å²) in [5.41, 5.74) is 0. The van der Waals surface area contributed by atoms with E-state index in [4.69, 9.17) is 0 Å². The maximum absolute atomic E-state index is 11.8. The van der Waals surface area contributed by atoms with Crippen molar-refractivity contribution in [2.75, 3.05) is 13.1 Å². The standard InChI is InChI=1S/C16H30N2O2/c1-12(2)17-16(20)9-11-18-10-4-3-7-14(18)13-6-5-8-15(13)19/h12-15,19H,3-11H2,1-2H3,(H,17,20). The number of aliphatic hydroxyl groups excluding tert-OH is 1. The third kappa shape index (κ3) is 4.19. The fraction of sp³-hybridized carbons (Fsp3) is 0.938. The van der Waals surface area contributed by atoms with Crippen molar-refractivity contribution in [3.05, 3.63) is 0 Å². The molecule has 116 valence electrons. The molecule has 1 heterocycles. The van der Waals surface area contributed by atoms with Crippen LogP contribution in [0.15, 0.2) is 0 Å². The van der Waals surface area contributed by atoms with Gasteiger partial charge in [0.05, 0.1) is 6.10 Å². The average molecular weight is 282 g/mol. The molecular weight excluding hydrogens is 252 g/mol. The molecule has 4 heteroatoms. The Balaban J connectivity index is 1.85. The molecule has 1 amide bonds. The van der Waals surface area contributed by atoms with E-state index in [-0.39, 0.29) is 18.1 Å². The molecule has 0 spiro atoms. The first-order chi connectivity index (χ1) is 9.58. The summed E-state index contributed by atoms with van der Waals surface area (Å²) in [6, 6.07) is 0.712. The largest absolute Gasteiger partial charge is 0.393 e. The average Bonchev–Trinajstić information content (AvgIpc) is 2.82. The van der Waals surface area contributed by atoms with Crippen LogP contribution in [0.4, 0.5) is 0 Å². The van der Waals surface area contributed by atoms with Crippen LogP contribution >= 0.6 is 0 Å². The summed E-state index contributed by atoms with van der Waals surface area (Å²) >= 11 is 0. The number of carbonyl (C=O) groups excluding carboxylic acids is 1. The molecule has 1 saturated carbocycles. The third-order valence-corrected chi connectivity index (χ3v) is 4.77. The van der Waals surface area contributed by atoms with Crippen LogP contribution < -0.4 is 5.32 Å². The highest BCUT2D eigenvalue weighted by molar-refractivity contribution is 5.76. The predicted molar refractivity (Wildman–Crippen MR) is 80.5 cm³/mol. The smallest absolute Gasteiger partial charge is 0.221 e. The molecule has 3 atom stereocenters. The van der Waals surface area contributed by atoms with Crippen LogP contribution in [0, 0.1) is 5.92 Å². The Morgan fingerprint density at radius 1 is 1.25 bits per heavy atom. The van der Waals surface area contributed by atoms with Crippen LogP contribution in [0.3, 0.4) is 0 Å². The van der Waals surface area contributed by atoms with Gasteiger partial charge in [0.1, 0.15) is 0 Å². The second-order valence-corrected chi connectivity index (χ2v) is 6.73. The molecule has 2 rings (SSSR count). The second-order valence-electron chi connectivity index (χ2n) is 6.73. The molecule has 1 aliphatic heterocycles. The summed E-state index contributed by atoms with van der Waals surface area (Å²) < 4.78 is 0. The molecule has 4 nitrogen and oxygen atoms in total. The van der Waals surface area contributed by atoms with E-state index in [2.05, 4.69) is 10.2 Å². The number of nitrogens with one attached hydrogen (secondary N) is 1. The van der Waals surface area contributed by atoms with Gasteiger partial charge in [-0.25, -0.2) is 0 Å². The molecule has 1 saturated heterocycles. The summed E-state index contributed by atoms with van der Waals surface area (Å²) in [6.45, 7) is 5.92. The van der Waals surface area contributed by atoms with Crippen molar-refractivity contribution in [3.63, 3.8) is 0 Å². The number of aliphatic hydroxyl groups is 1. The Kier molecular flexibility index (Phi) is 5.85. The Hall–Kier alpha value is -0.610. The van der Waals surface area contributed by atoms with Gasteiger partial charge in [-0.2, -0.15) is 0 Å². The summed E-state index contributed by atoms with van der Waals surface area (Å²) in [7, 11) is 0. The van der Waals surface area contributed by atoms with Crippen molar-refractivity contribution >= 4 is 5.91 Å². The number of rotatable bonds is 5. The maximum atomic E-state index is 11.8. The van der Waals surface area contributed by atoms with Crippen molar-refractivity contribution in [3.8, 4) is 0 Å². The van der Waals surface area contributed by atoms with Crippen LogP contribution in [0.1, 0.15) is 58.8 Å². The highest BCUT2D eigenvalue weighted by Crippen LogP contribution is 2.35. The number of amides is 1. The zero-order valence-electron chi connectivity index (χ0n) is 13.0. The quantitative estimate of drug-likeness (QED) is 0.810. The molecule has 1 aliphatic carbocycles. The van der Waals surface area contributed by atoms with Crippen LogP contribution in [0.2, 0.25) is 0 Å². The normalized spacial score (nSPS) is 31.7. The Labute approximate surface area is 122 Å². The minimum Gasteiger partial charge on any atom is -0.393 e. The molecule has 2 aliphatic rings. The first-order valence-electron chi connectivity index (χ1n) is 8.29. The van der Waals surface area contributed by atoms with Gasteiger partial charge in [0.2, 0.25) is 5.91 Å². The number of hydrogen-bond donors (Lipinski definition) is 2. The first kappa shape index (κ1) is 15.8. The second kappa shape index (κ2) is 7.41. The minimum atomic E-state index is -0.120. The van der Waals surface area contributed by atoms with Gasteiger partial charge >= 0.3 is 0 Å². The number of carbonyl (C=O) groups is 1. The molecule has 0 aromatic rings. The van der Waals surface area contributed by atoms with Gasteiger partial charge in [0.15, 0.2) is 0 Å². The summed E-state index contributed by atoms with van der Waals surface area (Å²) in [6.07, 6.45) is 7.41. The number of nitrogens with zero attached hydrogens (tertiary/aromatic N) is 1. The molecule has 3 unspecified atom stereocenters. The fourth-order valence-electron chi connectivity index (χ4n) is 3.84. The molecule has 0 aromatic heterocycles. The summed E-state index contributed by atoms with van der Waals surface area (Å²) in [4.78, 5) is 14.3. The molecule has 0 bridgehead atoms. The zero-order valence-corrected chi connectivity index (χ0v) is 13.0. The van der Waals surface area contributed by atoms with Crippen LogP contribution in [-0.4, -0.2) is 47.2 Å². The highest BCUT2D eigenvalue weighted by atomic mass is 16.3. The Morgan fingerprint density at radius 2 is 2.05 bits per heavy atom. The van der Waals surface area contributed by atoms with E-state index in [9.17, 15) is 9.90 Å². The molecule has 0 radical (unpaired) electrons. The van der Waals surface area contributed by atoms with Crippen LogP contribution in [0.25, 0.3) is 0 Å². The van der Waals surface area contributed by atoms with Gasteiger partial charge in [-0.05, 0) is 46.1 Å². The van der Waals surface area contributed by atoms with Gasteiger partial charge in [-0.15, -0.1) is 0 Å². The Morgan fingerprint density at radius 3 is 2.70 bits per heavy atom. The van der Waals surface area contributed by atoms with E-state index in [0.29, 0.717) is 18.4 Å². The van der Waals surface area contributed by atoms with Gasteiger partial charge in [0.25, 0.3) is 0 Å².